The van der Waals surface area contributed by atoms with E-state index in [1.807, 2.05) is 0 Å². The van der Waals surface area contributed by atoms with Crippen molar-refractivity contribution in [3.8, 4) is 22.9 Å². The molecule has 0 unspecified atom stereocenters. The van der Waals surface area contributed by atoms with Crippen LogP contribution in [0.4, 0.5) is 20.4 Å². The number of anilines is 2. The van der Waals surface area contributed by atoms with Crippen molar-refractivity contribution < 1.29 is 18.3 Å². The zero-order valence-corrected chi connectivity index (χ0v) is 14.5. The molecule has 2 aromatic heterocycles. The molecule has 0 saturated heterocycles. The van der Waals surface area contributed by atoms with Gasteiger partial charge in [-0.25, -0.2) is 19.3 Å². The molecule has 9 heteroatoms. The molecule has 1 aliphatic rings. The Hall–Kier alpha value is -3.62. The van der Waals surface area contributed by atoms with Crippen molar-refractivity contribution >= 4 is 17.5 Å². The summed E-state index contributed by atoms with van der Waals surface area (Å²) < 4.78 is 34.3. The van der Waals surface area contributed by atoms with Crippen LogP contribution in [0.5, 0.6) is 11.6 Å². The van der Waals surface area contributed by atoms with Gasteiger partial charge < -0.3 is 15.8 Å². The lowest BCUT2D eigenvalue weighted by Gasteiger charge is -2.12. The second-order valence-corrected chi connectivity index (χ2v) is 6.26. The van der Waals surface area contributed by atoms with E-state index in [9.17, 15) is 13.6 Å². The molecular formula is C19H15F2N5O2. The van der Waals surface area contributed by atoms with Crippen LogP contribution < -0.4 is 15.8 Å². The van der Waals surface area contributed by atoms with Crippen molar-refractivity contribution in [1.82, 2.24) is 15.0 Å². The predicted octanol–water partition coefficient (Wildman–Crippen LogP) is 3.54. The van der Waals surface area contributed by atoms with Gasteiger partial charge in [0, 0.05) is 18.3 Å². The zero-order chi connectivity index (χ0) is 19.7. The lowest BCUT2D eigenvalue weighted by Crippen LogP contribution is -2.15. The molecule has 0 aliphatic heterocycles. The zero-order valence-electron chi connectivity index (χ0n) is 14.5. The summed E-state index contributed by atoms with van der Waals surface area (Å²) in [4.78, 5) is 23.8. The van der Waals surface area contributed by atoms with Crippen LogP contribution in [0.15, 0.2) is 42.7 Å². The van der Waals surface area contributed by atoms with Crippen LogP contribution in [0.3, 0.4) is 0 Å². The van der Waals surface area contributed by atoms with Crippen molar-refractivity contribution in [3.63, 3.8) is 0 Å². The first-order chi connectivity index (χ1) is 13.5. The maximum Gasteiger partial charge on any atom is 0.228 e. The molecule has 0 bridgehead atoms. The molecule has 2 heterocycles. The highest BCUT2D eigenvalue weighted by molar-refractivity contribution is 5.94. The van der Waals surface area contributed by atoms with E-state index in [0.29, 0.717) is 11.3 Å². The molecule has 142 valence electrons. The van der Waals surface area contributed by atoms with Crippen LogP contribution in [0.25, 0.3) is 11.3 Å². The fraction of sp³-hybridized carbons (Fsp3) is 0.158. The van der Waals surface area contributed by atoms with Gasteiger partial charge in [-0.2, -0.15) is 4.39 Å². The van der Waals surface area contributed by atoms with Gasteiger partial charge in [0.05, 0.1) is 16.9 Å². The van der Waals surface area contributed by atoms with Crippen LogP contribution in [0.1, 0.15) is 12.8 Å². The molecule has 0 atom stereocenters. The minimum Gasteiger partial charge on any atom is -0.435 e. The van der Waals surface area contributed by atoms with E-state index in [4.69, 9.17) is 10.5 Å². The third kappa shape index (κ3) is 3.59. The molecule has 3 N–H and O–H groups in total. The van der Waals surface area contributed by atoms with Gasteiger partial charge in [-0.1, -0.05) is 0 Å². The molecule has 1 aromatic carbocycles. The molecule has 3 aromatic rings. The summed E-state index contributed by atoms with van der Waals surface area (Å²) in [5.74, 6) is -3.17. The number of nitrogens with zero attached hydrogens (tertiary/aromatic N) is 3. The Morgan fingerprint density at radius 3 is 2.68 bits per heavy atom. The maximum absolute atomic E-state index is 14.5. The molecule has 1 saturated carbocycles. The van der Waals surface area contributed by atoms with Crippen LogP contribution in [0.2, 0.25) is 0 Å². The first kappa shape index (κ1) is 17.8. The Bertz CT molecular complexity index is 1060. The summed E-state index contributed by atoms with van der Waals surface area (Å²) in [6.45, 7) is 0. The van der Waals surface area contributed by atoms with Gasteiger partial charge in [0.15, 0.2) is 11.6 Å². The average Bonchev–Trinajstić information content (AvgIpc) is 3.53. The van der Waals surface area contributed by atoms with E-state index in [1.54, 1.807) is 18.2 Å². The highest BCUT2D eigenvalue weighted by Crippen LogP contribution is 2.35. The normalized spacial score (nSPS) is 13.2. The number of nitrogen functional groups attached to an aromatic ring is 1. The van der Waals surface area contributed by atoms with Crippen molar-refractivity contribution in [2.45, 2.75) is 12.8 Å². The third-order valence-electron chi connectivity index (χ3n) is 4.18. The standard InChI is InChI=1S/C19H15F2N5O2/c20-15-13(25-17(27)10-3-4-10)5-6-14(16(15)21)28-18-11(2-1-8-23-18)12-7-9-24-19(22)26-12/h1-2,5-10H,3-4H2,(H,25,27)(H2,22,24,26). The van der Waals surface area contributed by atoms with Crippen molar-refractivity contribution in [2.75, 3.05) is 11.1 Å². The minimum absolute atomic E-state index is 0.0219. The fourth-order valence-electron chi connectivity index (χ4n) is 2.58. The van der Waals surface area contributed by atoms with E-state index in [-0.39, 0.29) is 35.1 Å². The molecule has 1 aliphatic carbocycles. The summed E-state index contributed by atoms with van der Waals surface area (Å²) in [7, 11) is 0. The molecule has 7 nitrogen and oxygen atoms in total. The molecule has 4 rings (SSSR count). The van der Waals surface area contributed by atoms with Crippen LogP contribution in [0, 0.1) is 17.6 Å². The van der Waals surface area contributed by atoms with Gasteiger partial charge in [0.1, 0.15) is 0 Å². The number of carbonyl (C=O) groups is 1. The molecule has 28 heavy (non-hydrogen) atoms. The lowest BCUT2D eigenvalue weighted by atomic mass is 10.2. The number of ether oxygens (including phenoxy) is 1. The maximum atomic E-state index is 14.5. The fourth-order valence-corrected chi connectivity index (χ4v) is 2.58. The Kier molecular flexibility index (Phi) is 4.56. The third-order valence-corrected chi connectivity index (χ3v) is 4.18. The van der Waals surface area contributed by atoms with E-state index in [0.717, 1.165) is 12.8 Å². The first-order valence-corrected chi connectivity index (χ1v) is 8.53. The van der Waals surface area contributed by atoms with Crippen molar-refractivity contribution in [1.29, 1.82) is 0 Å². The van der Waals surface area contributed by atoms with Gasteiger partial charge >= 0.3 is 0 Å². The number of hydrogen-bond acceptors (Lipinski definition) is 6. The number of nitrogens with two attached hydrogens (primary N) is 1. The largest absolute Gasteiger partial charge is 0.435 e. The van der Waals surface area contributed by atoms with E-state index in [1.165, 1.54) is 24.5 Å². The summed E-state index contributed by atoms with van der Waals surface area (Å²) in [6, 6.07) is 7.37. The molecule has 0 spiro atoms. The SMILES string of the molecule is Nc1nccc(-c2cccnc2Oc2ccc(NC(=O)C3CC3)c(F)c2F)n1. The number of aromatic nitrogens is 3. The second-order valence-electron chi connectivity index (χ2n) is 6.26. The smallest absolute Gasteiger partial charge is 0.228 e. The van der Waals surface area contributed by atoms with Crippen LogP contribution in [-0.4, -0.2) is 20.9 Å². The predicted molar refractivity (Wildman–Crippen MR) is 97.5 cm³/mol. The van der Waals surface area contributed by atoms with Gasteiger partial charge in [-0.15, -0.1) is 0 Å². The van der Waals surface area contributed by atoms with Gasteiger partial charge in [0.25, 0.3) is 0 Å². The van der Waals surface area contributed by atoms with Crippen molar-refractivity contribution in [3.05, 3.63) is 54.4 Å². The number of rotatable bonds is 5. The van der Waals surface area contributed by atoms with Gasteiger partial charge in [-0.05, 0) is 43.2 Å². The highest BCUT2D eigenvalue weighted by Gasteiger charge is 2.30. The van der Waals surface area contributed by atoms with Crippen molar-refractivity contribution in [2.24, 2.45) is 5.92 Å². The van der Waals surface area contributed by atoms with Gasteiger partial charge in [0.2, 0.25) is 23.6 Å². The summed E-state index contributed by atoms with van der Waals surface area (Å²) in [6.07, 6.45) is 4.42. The number of nitrogens with one attached hydrogen (secondary N) is 1. The average molecular weight is 383 g/mol. The van der Waals surface area contributed by atoms with E-state index >= 15 is 0 Å². The molecule has 1 amide bonds. The van der Waals surface area contributed by atoms with E-state index < -0.39 is 11.6 Å². The van der Waals surface area contributed by atoms with Crippen LogP contribution >= 0.6 is 0 Å². The molecule has 0 radical (unpaired) electrons. The second kappa shape index (κ2) is 7.18. The number of hydrogen-bond donors (Lipinski definition) is 2. The number of benzene rings is 1. The summed E-state index contributed by atoms with van der Waals surface area (Å²) in [5, 5.41) is 2.39. The summed E-state index contributed by atoms with van der Waals surface area (Å²) in [5.41, 5.74) is 6.22. The Morgan fingerprint density at radius 1 is 1.11 bits per heavy atom. The van der Waals surface area contributed by atoms with Gasteiger partial charge in [-0.3, -0.25) is 4.79 Å². The number of carbonyl (C=O) groups excluding carboxylic acids is 1. The highest BCUT2D eigenvalue weighted by atomic mass is 19.2. The number of halogens is 2. The first-order valence-electron chi connectivity index (χ1n) is 8.53. The van der Waals surface area contributed by atoms with E-state index in [2.05, 4.69) is 20.3 Å². The number of pyridine rings is 1. The monoisotopic (exact) mass is 383 g/mol. The minimum atomic E-state index is -1.23. The lowest BCUT2D eigenvalue weighted by molar-refractivity contribution is -0.117. The molecular weight excluding hydrogens is 368 g/mol. The summed E-state index contributed by atoms with van der Waals surface area (Å²) >= 11 is 0. The molecule has 1 fully saturated rings. The topological polar surface area (TPSA) is 103 Å². The Labute approximate surface area is 158 Å². The Balaban J connectivity index is 1.63. The van der Waals surface area contributed by atoms with Crippen LogP contribution in [-0.2, 0) is 4.79 Å². The quantitative estimate of drug-likeness (QED) is 0.699. The number of amides is 1. The Morgan fingerprint density at radius 2 is 1.93 bits per heavy atom.